The van der Waals surface area contributed by atoms with Gasteiger partial charge in [0.2, 0.25) is 5.91 Å². The summed E-state index contributed by atoms with van der Waals surface area (Å²) in [5.41, 5.74) is 0. The molecule has 22 heavy (non-hydrogen) atoms. The molecule has 2 unspecified atom stereocenters. The molecule has 1 aliphatic heterocycles. The molecule has 1 heterocycles. The van der Waals surface area contributed by atoms with Crippen molar-refractivity contribution >= 4 is 46.8 Å². The van der Waals surface area contributed by atoms with Crippen molar-refractivity contribution in [3.8, 4) is 0 Å². The maximum absolute atomic E-state index is 12.3. The van der Waals surface area contributed by atoms with Crippen molar-refractivity contribution in [3.05, 3.63) is 28.2 Å². The quantitative estimate of drug-likeness (QED) is 0.814. The van der Waals surface area contributed by atoms with Crippen LogP contribution in [-0.4, -0.2) is 53.4 Å². The van der Waals surface area contributed by atoms with E-state index < -0.39 is 12.0 Å². The minimum absolute atomic E-state index is 0.0975. The van der Waals surface area contributed by atoms with Crippen LogP contribution in [0.1, 0.15) is 6.42 Å². The van der Waals surface area contributed by atoms with Crippen LogP contribution in [0.5, 0.6) is 0 Å². The number of benzene rings is 1. The topological polar surface area (TPSA) is 66.8 Å². The van der Waals surface area contributed by atoms with Gasteiger partial charge in [-0.3, -0.25) is 4.79 Å². The Morgan fingerprint density at radius 1 is 1.45 bits per heavy atom. The summed E-state index contributed by atoms with van der Waals surface area (Å²) in [6, 6.07) is 4.17. The van der Waals surface area contributed by atoms with Gasteiger partial charge in [-0.15, -0.1) is 11.8 Å². The van der Waals surface area contributed by atoms with Gasteiger partial charge >= 0.3 is 5.97 Å². The largest absolute Gasteiger partial charge is 0.480 e. The summed E-state index contributed by atoms with van der Waals surface area (Å²) >= 11 is 13.2. The van der Waals surface area contributed by atoms with Crippen LogP contribution in [0, 0.1) is 0 Å². The van der Waals surface area contributed by atoms with Crippen LogP contribution < -0.4 is 0 Å². The van der Waals surface area contributed by atoms with Crippen molar-refractivity contribution in [1.29, 1.82) is 0 Å². The fraction of sp³-hybridized carbons (Fsp3) is 0.429. The molecule has 2 atom stereocenters. The molecule has 8 heteroatoms. The lowest BCUT2D eigenvalue weighted by Gasteiger charge is -2.21. The SMILES string of the molecule is COC1CC(C(=O)O)N(C(=O)CSc2cc(Cl)ccc2Cl)C1. The number of hydrogen-bond acceptors (Lipinski definition) is 4. The zero-order valence-electron chi connectivity index (χ0n) is 11.8. The molecule has 1 fully saturated rings. The van der Waals surface area contributed by atoms with Crippen molar-refractivity contribution in [1.82, 2.24) is 4.90 Å². The molecule has 0 bridgehead atoms. The van der Waals surface area contributed by atoms with Crippen LogP contribution in [0.3, 0.4) is 0 Å². The number of ether oxygens (including phenoxy) is 1. The Labute approximate surface area is 142 Å². The Hall–Kier alpha value is -0.950. The molecule has 0 aromatic heterocycles. The Morgan fingerprint density at radius 2 is 2.18 bits per heavy atom. The number of hydrogen-bond donors (Lipinski definition) is 1. The smallest absolute Gasteiger partial charge is 0.326 e. The van der Waals surface area contributed by atoms with Crippen LogP contribution in [-0.2, 0) is 14.3 Å². The molecule has 0 radical (unpaired) electrons. The third kappa shape index (κ3) is 4.07. The number of carbonyl (C=O) groups is 2. The first kappa shape index (κ1) is 17.4. The highest BCUT2D eigenvalue weighted by Crippen LogP contribution is 2.31. The third-order valence-corrected chi connectivity index (χ3v) is 5.16. The van der Waals surface area contributed by atoms with E-state index in [1.54, 1.807) is 18.2 Å². The first-order valence-electron chi connectivity index (χ1n) is 6.55. The second-order valence-electron chi connectivity index (χ2n) is 4.86. The van der Waals surface area contributed by atoms with Gasteiger partial charge in [-0.1, -0.05) is 23.2 Å². The average molecular weight is 364 g/mol. The predicted molar refractivity (Wildman–Crippen MR) is 85.7 cm³/mol. The molecule has 1 saturated heterocycles. The highest BCUT2D eigenvalue weighted by molar-refractivity contribution is 8.00. The highest BCUT2D eigenvalue weighted by Gasteiger charge is 2.39. The molecule has 1 aromatic rings. The van der Waals surface area contributed by atoms with Gasteiger partial charge in [-0.05, 0) is 18.2 Å². The average Bonchev–Trinajstić information content (AvgIpc) is 2.92. The van der Waals surface area contributed by atoms with Crippen LogP contribution in [0.2, 0.25) is 10.0 Å². The highest BCUT2D eigenvalue weighted by atomic mass is 35.5. The molecule has 1 aliphatic rings. The van der Waals surface area contributed by atoms with Crippen molar-refractivity contribution in [2.75, 3.05) is 19.4 Å². The van der Waals surface area contributed by atoms with E-state index in [2.05, 4.69) is 0 Å². The second-order valence-corrected chi connectivity index (χ2v) is 6.72. The van der Waals surface area contributed by atoms with Crippen LogP contribution in [0.15, 0.2) is 23.1 Å². The molecule has 2 rings (SSSR count). The number of carboxylic acid groups (broad SMARTS) is 1. The summed E-state index contributed by atoms with van der Waals surface area (Å²) in [4.78, 5) is 25.6. The van der Waals surface area contributed by atoms with Crippen LogP contribution in [0.4, 0.5) is 0 Å². The van der Waals surface area contributed by atoms with Gasteiger partial charge in [0.25, 0.3) is 0 Å². The molecule has 1 amide bonds. The van der Waals surface area contributed by atoms with E-state index in [9.17, 15) is 14.7 Å². The standard InChI is InChI=1S/C14H15Cl2NO4S/c1-21-9-5-11(14(19)20)17(6-9)13(18)7-22-12-4-8(15)2-3-10(12)16/h2-4,9,11H,5-7H2,1H3,(H,19,20). The number of methoxy groups -OCH3 is 1. The molecular formula is C14H15Cl2NO4S. The van der Waals surface area contributed by atoms with Crippen molar-refractivity contribution < 1.29 is 19.4 Å². The summed E-state index contributed by atoms with van der Waals surface area (Å²) in [7, 11) is 1.51. The summed E-state index contributed by atoms with van der Waals surface area (Å²) < 4.78 is 5.17. The molecular weight excluding hydrogens is 349 g/mol. The summed E-state index contributed by atoms with van der Waals surface area (Å²) in [6.07, 6.45) is 0.0602. The third-order valence-electron chi connectivity index (χ3n) is 3.45. The van der Waals surface area contributed by atoms with Gasteiger partial charge in [-0.2, -0.15) is 0 Å². The fourth-order valence-corrected chi connectivity index (χ4v) is 3.67. The van der Waals surface area contributed by atoms with E-state index in [1.165, 1.54) is 23.8 Å². The number of rotatable bonds is 5. The minimum Gasteiger partial charge on any atom is -0.480 e. The molecule has 120 valence electrons. The summed E-state index contributed by atoms with van der Waals surface area (Å²) in [5, 5.41) is 10.3. The zero-order valence-corrected chi connectivity index (χ0v) is 14.1. The monoisotopic (exact) mass is 363 g/mol. The van der Waals surface area contributed by atoms with Crippen molar-refractivity contribution in [3.63, 3.8) is 0 Å². The van der Waals surface area contributed by atoms with Crippen molar-refractivity contribution in [2.45, 2.75) is 23.5 Å². The Morgan fingerprint density at radius 3 is 2.82 bits per heavy atom. The van der Waals surface area contributed by atoms with E-state index in [4.69, 9.17) is 27.9 Å². The maximum Gasteiger partial charge on any atom is 0.326 e. The van der Waals surface area contributed by atoms with Gasteiger partial charge in [-0.25, -0.2) is 4.79 Å². The minimum atomic E-state index is -1.02. The number of halogens is 2. The van der Waals surface area contributed by atoms with Gasteiger partial charge in [0.1, 0.15) is 6.04 Å². The molecule has 0 saturated carbocycles. The fourth-order valence-electron chi connectivity index (χ4n) is 2.29. The van der Waals surface area contributed by atoms with E-state index in [-0.39, 0.29) is 24.3 Å². The van der Waals surface area contributed by atoms with Crippen LogP contribution in [0.25, 0.3) is 0 Å². The number of carboxylic acids is 1. The van der Waals surface area contributed by atoms with E-state index >= 15 is 0 Å². The number of likely N-dealkylation sites (tertiary alicyclic amines) is 1. The number of aliphatic carboxylic acids is 1. The first-order valence-corrected chi connectivity index (χ1v) is 8.29. The zero-order chi connectivity index (χ0) is 16.3. The summed E-state index contributed by atoms with van der Waals surface area (Å²) in [6.45, 7) is 0.288. The molecule has 1 aromatic carbocycles. The lowest BCUT2D eigenvalue weighted by atomic mass is 10.2. The lowest BCUT2D eigenvalue weighted by Crippen LogP contribution is -2.41. The Kier molecular flexibility index (Phi) is 5.97. The van der Waals surface area contributed by atoms with Crippen LogP contribution >= 0.6 is 35.0 Å². The number of thioether (sulfide) groups is 1. The van der Waals surface area contributed by atoms with E-state index in [1.807, 2.05) is 0 Å². The number of nitrogens with zero attached hydrogens (tertiary/aromatic N) is 1. The van der Waals surface area contributed by atoms with Gasteiger partial charge in [0.05, 0.1) is 16.9 Å². The Balaban J connectivity index is 2.02. The lowest BCUT2D eigenvalue weighted by molar-refractivity contribution is -0.147. The molecule has 0 aliphatic carbocycles. The van der Waals surface area contributed by atoms with Crippen molar-refractivity contribution in [2.24, 2.45) is 0 Å². The summed E-state index contributed by atoms with van der Waals surface area (Å²) in [5.74, 6) is -1.17. The second kappa shape index (κ2) is 7.55. The van der Waals surface area contributed by atoms with E-state index in [0.717, 1.165) is 0 Å². The van der Waals surface area contributed by atoms with Gasteiger partial charge in [0.15, 0.2) is 0 Å². The van der Waals surface area contributed by atoms with Gasteiger partial charge < -0.3 is 14.7 Å². The van der Waals surface area contributed by atoms with Gasteiger partial charge in [0, 0.05) is 30.0 Å². The molecule has 0 spiro atoms. The normalized spacial score (nSPS) is 21.1. The number of amides is 1. The molecule has 1 N–H and O–H groups in total. The predicted octanol–water partition coefficient (Wildman–Crippen LogP) is 2.79. The number of carbonyl (C=O) groups excluding carboxylic acids is 1. The molecule has 5 nitrogen and oxygen atoms in total. The Bertz CT molecular complexity index is 584. The first-order chi connectivity index (χ1) is 10.4. The maximum atomic E-state index is 12.3. The van der Waals surface area contributed by atoms with E-state index in [0.29, 0.717) is 21.4 Å².